The molecule has 1 aliphatic carbocycles. The van der Waals surface area contributed by atoms with Gasteiger partial charge in [0.25, 0.3) is 0 Å². The minimum atomic E-state index is -0.679. The van der Waals surface area contributed by atoms with Crippen LogP contribution in [0.1, 0.15) is 57.6 Å². The van der Waals surface area contributed by atoms with E-state index in [9.17, 15) is 10.4 Å². The maximum atomic E-state index is 10.5. The van der Waals surface area contributed by atoms with Crippen molar-refractivity contribution in [3.8, 4) is 6.07 Å². The monoisotopic (exact) mass is 271 g/mol. The van der Waals surface area contributed by atoms with E-state index in [0.717, 1.165) is 12.0 Å². The van der Waals surface area contributed by atoms with E-state index in [4.69, 9.17) is 0 Å². The predicted octanol–water partition coefficient (Wildman–Crippen LogP) is 4.47. The molecule has 0 bridgehead atoms. The van der Waals surface area contributed by atoms with Gasteiger partial charge in [0.05, 0.1) is 18.1 Å². The van der Waals surface area contributed by atoms with Crippen molar-refractivity contribution in [2.45, 2.75) is 52.1 Å². The summed E-state index contributed by atoms with van der Waals surface area (Å²) in [5.41, 5.74) is 0.980. The van der Waals surface area contributed by atoms with Crippen molar-refractivity contribution >= 4 is 0 Å². The standard InChI is InChI=1S/C18H25NO/c1-18(2,16-10-6-7-11-16)12-15(13-19)17(20)14-8-4-3-5-9-14/h3-5,8-9,15-17,20H,6-7,10-12H2,1-2H3. The topological polar surface area (TPSA) is 44.0 Å². The van der Waals surface area contributed by atoms with E-state index in [1.54, 1.807) is 0 Å². The van der Waals surface area contributed by atoms with Gasteiger partial charge in [0.1, 0.15) is 0 Å². The van der Waals surface area contributed by atoms with Gasteiger partial charge in [-0.3, -0.25) is 0 Å². The van der Waals surface area contributed by atoms with Gasteiger partial charge in [-0.25, -0.2) is 0 Å². The van der Waals surface area contributed by atoms with Gasteiger partial charge in [-0.1, -0.05) is 57.0 Å². The van der Waals surface area contributed by atoms with Gasteiger partial charge >= 0.3 is 0 Å². The van der Waals surface area contributed by atoms with E-state index in [0.29, 0.717) is 5.92 Å². The summed E-state index contributed by atoms with van der Waals surface area (Å²) < 4.78 is 0. The average molecular weight is 271 g/mol. The zero-order chi connectivity index (χ0) is 14.6. The number of nitrogens with zero attached hydrogens (tertiary/aromatic N) is 1. The van der Waals surface area contributed by atoms with Crippen molar-refractivity contribution in [3.05, 3.63) is 35.9 Å². The minimum absolute atomic E-state index is 0.132. The molecule has 1 fully saturated rings. The summed E-state index contributed by atoms with van der Waals surface area (Å²) in [6.07, 6.45) is 5.25. The van der Waals surface area contributed by atoms with Crippen LogP contribution in [0, 0.1) is 28.6 Å². The van der Waals surface area contributed by atoms with E-state index < -0.39 is 6.10 Å². The Labute approximate surface area is 122 Å². The first kappa shape index (κ1) is 15.1. The van der Waals surface area contributed by atoms with Crippen LogP contribution in [0.4, 0.5) is 0 Å². The average Bonchev–Trinajstić information content (AvgIpc) is 3.00. The van der Waals surface area contributed by atoms with Crippen LogP contribution in [0.25, 0.3) is 0 Å². The van der Waals surface area contributed by atoms with Crippen molar-refractivity contribution in [3.63, 3.8) is 0 Å². The lowest BCUT2D eigenvalue weighted by atomic mass is 9.71. The Hall–Kier alpha value is -1.33. The highest BCUT2D eigenvalue weighted by molar-refractivity contribution is 5.19. The second-order valence-electron chi connectivity index (χ2n) is 6.77. The van der Waals surface area contributed by atoms with Gasteiger partial charge < -0.3 is 5.11 Å². The molecule has 1 aliphatic rings. The number of hydrogen-bond donors (Lipinski definition) is 1. The Morgan fingerprint density at radius 2 is 1.85 bits per heavy atom. The molecule has 0 spiro atoms. The van der Waals surface area contributed by atoms with Crippen molar-refractivity contribution in [1.82, 2.24) is 0 Å². The van der Waals surface area contributed by atoms with E-state index in [2.05, 4.69) is 19.9 Å². The van der Waals surface area contributed by atoms with Crippen molar-refractivity contribution in [2.24, 2.45) is 17.3 Å². The van der Waals surface area contributed by atoms with Gasteiger partial charge in [-0.2, -0.15) is 5.26 Å². The second kappa shape index (κ2) is 6.41. The third-order valence-electron chi connectivity index (χ3n) is 4.89. The molecule has 0 heterocycles. The molecule has 20 heavy (non-hydrogen) atoms. The first-order valence-corrected chi connectivity index (χ1v) is 7.67. The smallest absolute Gasteiger partial charge is 0.0948 e. The predicted molar refractivity (Wildman–Crippen MR) is 80.9 cm³/mol. The maximum Gasteiger partial charge on any atom is 0.0948 e. The van der Waals surface area contributed by atoms with Crippen molar-refractivity contribution in [2.75, 3.05) is 0 Å². The molecule has 1 N–H and O–H groups in total. The summed E-state index contributed by atoms with van der Waals surface area (Å²) in [5, 5.41) is 19.9. The molecule has 0 aliphatic heterocycles. The molecule has 2 atom stereocenters. The number of benzene rings is 1. The molecule has 0 saturated heterocycles. The molecule has 2 rings (SSSR count). The second-order valence-corrected chi connectivity index (χ2v) is 6.77. The SMILES string of the molecule is CC(C)(CC(C#N)C(O)c1ccccc1)C1CCCC1. The highest BCUT2D eigenvalue weighted by atomic mass is 16.3. The number of rotatable bonds is 5. The Morgan fingerprint density at radius 3 is 2.40 bits per heavy atom. The fourth-order valence-electron chi connectivity index (χ4n) is 3.55. The van der Waals surface area contributed by atoms with Crippen LogP contribution in [0.5, 0.6) is 0 Å². The van der Waals surface area contributed by atoms with Gasteiger partial charge in [-0.15, -0.1) is 0 Å². The molecule has 108 valence electrons. The Bertz CT molecular complexity index is 454. The summed E-state index contributed by atoms with van der Waals surface area (Å²) in [6, 6.07) is 11.9. The van der Waals surface area contributed by atoms with Crippen molar-refractivity contribution in [1.29, 1.82) is 5.26 Å². The normalized spacial score (nSPS) is 19.5. The van der Waals surface area contributed by atoms with Crippen LogP contribution in [0.15, 0.2) is 30.3 Å². The third kappa shape index (κ3) is 3.41. The molecule has 2 nitrogen and oxygen atoms in total. The quantitative estimate of drug-likeness (QED) is 0.859. The van der Waals surface area contributed by atoms with Gasteiger partial charge in [0, 0.05) is 0 Å². The first-order chi connectivity index (χ1) is 9.54. The zero-order valence-electron chi connectivity index (χ0n) is 12.5. The molecular formula is C18H25NO. The summed E-state index contributed by atoms with van der Waals surface area (Å²) in [5.74, 6) is 0.370. The van der Waals surface area contributed by atoms with Crippen molar-refractivity contribution < 1.29 is 5.11 Å². The van der Waals surface area contributed by atoms with E-state index in [1.165, 1.54) is 25.7 Å². The van der Waals surface area contributed by atoms with Crippen LogP contribution < -0.4 is 0 Å². The maximum absolute atomic E-state index is 10.5. The molecule has 0 aromatic heterocycles. The van der Waals surface area contributed by atoms with E-state index in [1.807, 2.05) is 30.3 Å². The number of hydrogen-bond acceptors (Lipinski definition) is 2. The molecule has 1 saturated carbocycles. The molecular weight excluding hydrogens is 246 g/mol. The van der Waals surface area contributed by atoms with Gasteiger partial charge in [0.15, 0.2) is 0 Å². The van der Waals surface area contributed by atoms with Crippen LogP contribution in [-0.2, 0) is 0 Å². The lowest BCUT2D eigenvalue weighted by molar-refractivity contribution is 0.0846. The van der Waals surface area contributed by atoms with Crippen LogP contribution in [-0.4, -0.2) is 5.11 Å². The van der Waals surface area contributed by atoms with Crippen LogP contribution in [0.3, 0.4) is 0 Å². The molecule has 2 unspecified atom stereocenters. The largest absolute Gasteiger partial charge is 0.387 e. The fraction of sp³-hybridized carbons (Fsp3) is 0.611. The van der Waals surface area contributed by atoms with E-state index in [-0.39, 0.29) is 11.3 Å². The number of aliphatic hydroxyl groups is 1. The highest BCUT2D eigenvalue weighted by Crippen LogP contribution is 2.45. The van der Waals surface area contributed by atoms with Crippen LogP contribution >= 0.6 is 0 Å². The summed E-state index contributed by atoms with van der Waals surface area (Å²) in [4.78, 5) is 0. The molecule has 1 aromatic rings. The zero-order valence-corrected chi connectivity index (χ0v) is 12.5. The van der Waals surface area contributed by atoms with E-state index >= 15 is 0 Å². The van der Waals surface area contributed by atoms with Crippen LogP contribution in [0.2, 0.25) is 0 Å². The molecule has 1 aromatic carbocycles. The first-order valence-electron chi connectivity index (χ1n) is 7.67. The third-order valence-corrected chi connectivity index (χ3v) is 4.89. The molecule has 0 radical (unpaired) electrons. The summed E-state index contributed by atoms with van der Waals surface area (Å²) in [7, 11) is 0. The summed E-state index contributed by atoms with van der Waals surface area (Å²) >= 11 is 0. The number of nitriles is 1. The molecule has 2 heteroatoms. The van der Waals surface area contributed by atoms with Gasteiger partial charge in [-0.05, 0) is 36.2 Å². The lowest BCUT2D eigenvalue weighted by Crippen LogP contribution is -2.27. The Morgan fingerprint density at radius 1 is 1.25 bits per heavy atom. The summed E-state index contributed by atoms with van der Waals surface area (Å²) in [6.45, 7) is 4.51. The minimum Gasteiger partial charge on any atom is -0.387 e. The number of aliphatic hydroxyl groups excluding tert-OH is 1. The molecule has 0 amide bonds. The highest BCUT2D eigenvalue weighted by Gasteiger charge is 2.36. The fourth-order valence-corrected chi connectivity index (χ4v) is 3.55. The Balaban J connectivity index is 2.07. The lowest BCUT2D eigenvalue weighted by Gasteiger charge is -2.34. The van der Waals surface area contributed by atoms with Gasteiger partial charge in [0.2, 0.25) is 0 Å². The Kier molecular flexibility index (Phi) is 4.83.